The maximum atomic E-state index is 5.40. The number of nitrogens with one attached hydrogen (secondary N) is 3. The van der Waals surface area contributed by atoms with E-state index in [1.165, 1.54) is 5.56 Å². The van der Waals surface area contributed by atoms with Gasteiger partial charge in [0.25, 0.3) is 0 Å². The van der Waals surface area contributed by atoms with E-state index in [0.29, 0.717) is 10.8 Å². The van der Waals surface area contributed by atoms with Crippen LogP contribution in [0.2, 0.25) is 0 Å². The van der Waals surface area contributed by atoms with Crippen LogP contribution in [0, 0.1) is 4.77 Å². The number of benzene rings is 1. The van der Waals surface area contributed by atoms with Gasteiger partial charge in [-0.1, -0.05) is 18.2 Å². The maximum absolute atomic E-state index is 5.40. The third-order valence-corrected chi connectivity index (χ3v) is 4.85. The lowest BCUT2D eigenvalue weighted by molar-refractivity contribution is 0.535. The molecule has 0 amide bonds. The molecule has 2 unspecified atom stereocenters. The topological polar surface area (TPSA) is 57.7 Å². The molecular weight excluding hydrogens is 314 g/mol. The molecule has 112 valence electrons. The van der Waals surface area contributed by atoms with Gasteiger partial charge in [-0.3, -0.25) is 9.67 Å². The highest BCUT2D eigenvalue weighted by Crippen LogP contribution is 2.31. The van der Waals surface area contributed by atoms with E-state index in [-0.39, 0.29) is 6.04 Å². The Morgan fingerprint density at radius 2 is 1.95 bits per heavy atom. The second-order valence-electron chi connectivity index (χ2n) is 5.24. The minimum Gasteiger partial charge on any atom is -0.271 e. The van der Waals surface area contributed by atoms with Crippen molar-refractivity contribution in [2.24, 2.45) is 0 Å². The van der Waals surface area contributed by atoms with E-state index in [2.05, 4.69) is 37.9 Å². The maximum Gasteiger partial charge on any atom is 0.199 e. The minimum atomic E-state index is 0.109. The van der Waals surface area contributed by atoms with Gasteiger partial charge in [-0.15, -0.1) is 0 Å². The number of hydrazine groups is 1. The van der Waals surface area contributed by atoms with Crippen molar-refractivity contribution in [3.8, 4) is 5.69 Å². The van der Waals surface area contributed by atoms with Crippen LogP contribution < -0.4 is 10.9 Å². The number of nitrogens with zero attached hydrogens (tertiary/aromatic N) is 2. The fourth-order valence-corrected chi connectivity index (χ4v) is 3.75. The van der Waals surface area contributed by atoms with Crippen LogP contribution in [0.4, 0.5) is 0 Å². The SMILES string of the molecule is S=c1[nH]nc(C2CC(c3ccsc3)NN2)n1-c1ccccc1. The molecule has 7 heteroatoms. The molecule has 3 heterocycles. The second-order valence-corrected chi connectivity index (χ2v) is 6.41. The van der Waals surface area contributed by atoms with Gasteiger partial charge in [0.05, 0.1) is 6.04 Å². The highest BCUT2D eigenvalue weighted by Gasteiger charge is 2.30. The van der Waals surface area contributed by atoms with Crippen LogP contribution in [-0.2, 0) is 0 Å². The Hall–Kier alpha value is -1.80. The summed E-state index contributed by atoms with van der Waals surface area (Å²) in [4.78, 5) is 0. The Labute approximate surface area is 137 Å². The first-order chi connectivity index (χ1) is 10.8. The highest BCUT2D eigenvalue weighted by molar-refractivity contribution is 7.71. The van der Waals surface area contributed by atoms with Gasteiger partial charge in [-0.05, 0) is 53.2 Å². The molecule has 2 atom stereocenters. The van der Waals surface area contributed by atoms with Crippen molar-refractivity contribution in [3.05, 3.63) is 63.3 Å². The smallest absolute Gasteiger partial charge is 0.199 e. The van der Waals surface area contributed by atoms with Gasteiger partial charge in [0.2, 0.25) is 0 Å². The summed E-state index contributed by atoms with van der Waals surface area (Å²) in [6, 6.07) is 12.6. The number of hydrogen-bond acceptors (Lipinski definition) is 5. The van der Waals surface area contributed by atoms with E-state index in [1.54, 1.807) is 11.3 Å². The van der Waals surface area contributed by atoms with E-state index in [4.69, 9.17) is 12.2 Å². The largest absolute Gasteiger partial charge is 0.271 e. The van der Waals surface area contributed by atoms with Crippen molar-refractivity contribution in [2.45, 2.75) is 18.5 Å². The monoisotopic (exact) mass is 329 g/mol. The van der Waals surface area contributed by atoms with Crippen molar-refractivity contribution in [1.82, 2.24) is 25.6 Å². The van der Waals surface area contributed by atoms with Crippen LogP contribution in [0.5, 0.6) is 0 Å². The third kappa shape index (κ3) is 2.42. The van der Waals surface area contributed by atoms with Crippen molar-refractivity contribution < 1.29 is 0 Å². The summed E-state index contributed by atoms with van der Waals surface area (Å²) in [6.07, 6.45) is 0.934. The van der Waals surface area contributed by atoms with Crippen LogP contribution in [0.3, 0.4) is 0 Å². The lowest BCUT2D eigenvalue weighted by atomic mass is 10.0. The first kappa shape index (κ1) is 13.8. The van der Waals surface area contributed by atoms with Crippen molar-refractivity contribution in [3.63, 3.8) is 0 Å². The summed E-state index contributed by atoms with van der Waals surface area (Å²) in [5, 5.41) is 11.6. The number of thiophene rings is 1. The first-order valence-electron chi connectivity index (χ1n) is 7.09. The quantitative estimate of drug-likeness (QED) is 0.646. The van der Waals surface area contributed by atoms with Gasteiger partial charge in [0.15, 0.2) is 10.6 Å². The molecule has 4 rings (SSSR count). The molecule has 1 saturated heterocycles. The summed E-state index contributed by atoms with van der Waals surface area (Å²) in [5.74, 6) is 0.904. The Morgan fingerprint density at radius 1 is 1.14 bits per heavy atom. The molecular formula is C15H15N5S2. The normalized spacial score (nSPS) is 21.3. The number of rotatable bonds is 3. The van der Waals surface area contributed by atoms with E-state index >= 15 is 0 Å². The predicted octanol–water partition coefficient (Wildman–Crippen LogP) is 3.27. The number of aromatic nitrogens is 3. The fourth-order valence-electron chi connectivity index (χ4n) is 2.79. The van der Waals surface area contributed by atoms with E-state index < -0.39 is 0 Å². The Morgan fingerprint density at radius 3 is 2.73 bits per heavy atom. The van der Waals surface area contributed by atoms with Crippen LogP contribution in [0.1, 0.15) is 29.9 Å². The van der Waals surface area contributed by atoms with Crippen LogP contribution in [0.15, 0.2) is 47.2 Å². The zero-order chi connectivity index (χ0) is 14.9. The second kappa shape index (κ2) is 5.77. The van der Waals surface area contributed by atoms with Gasteiger partial charge in [-0.2, -0.15) is 16.4 Å². The highest BCUT2D eigenvalue weighted by atomic mass is 32.1. The van der Waals surface area contributed by atoms with E-state index in [1.807, 2.05) is 34.9 Å². The predicted molar refractivity (Wildman–Crippen MR) is 89.4 cm³/mol. The molecule has 0 bridgehead atoms. The number of hydrogen-bond donors (Lipinski definition) is 3. The third-order valence-electron chi connectivity index (χ3n) is 3.87. The number of H-pyrrole nitrogens is 1. The molecule has 0 saturated carbocycles. The van der Waals surface area contributed by atoms with Gasteiger partial charge >= 0.3 is 0 Å². The van der Waals surface area contributed by atoms with Crippen LogP contribution >= 0.6 is 23.6 Å². The standard InChI is InChI=1S/C15H15N5S2/c21-15-19-18-14(20(15)11-4-2-1-3-5-11)13-8-12(16-17-13)10-6-7-22-9-10/h1-7,9,12-13,16-17H,8H2,(H,19,21). The summed E-state index contributed by atoms with van der Waals surface area (Å²) < 4.78 is 2.60. The summed E-state index contributed by atoms with van der Waals surface area (Å²) >= 11 is 7.11. The molecule has 5 nitrogen and oxygen atoms in total. The zero-order valence-electron chi connectivity index (χ0n) is 11.7. The fraction of sp³-hybridized carbons (Fsp3) is 0.200. The molecule has 1 aliphatic rings. The molecule has 1 fully saturated rings. The number of aromatic amines is 1. The van der Waals surface area contributed by atoms with Crippen molar-refractivity contribution in [1.29, 1.82) is 0 Å². The summed E-state index contributed by atoms with van der Waals surface area (Å²) in [7, 11) is 0. The van der Waals surface area contributed by atoms with Crippen LogP contribution in [-0.4, -0.2) is 14.8 Å². The minimum absolute atomic E-state index is 0.109. The lowest BCUT2D eigenvalue weighted by Gasteiger charge is -2.11. The first-order valence-corrected chi connectivity index (χ1v) is 8.44. The molecule has 3 N–H and O–H groups in total. The molecule has 1 aliphatic heterocycles. The summed E-state index contributed by atoms with van der Waals surface area (Å²) in [6.45, 7) is 0. The molecule has 22 heavy (non-hydrogen) atoms. The zero-order valence-corrected chi connectivity index (χ0v) is 13.3. The van der Waals surface area contributed by atoms with Gasteiger partial charge in [0, 0.05) is 11.7 Å². The Bertz CT molecular complexity index is 806. The van der Waals surface area contributed by atoms with E-state index in [0.717, 1.165) is 17.9 Å². The summed E-state index contributed by atoms with van der Waals surface area (Å²) in [5.41, 5.74) is 9.02. The van der Waals surface area contributed by atoms with Gasteiger partial charge in [0.1, 0.15) is 0 Å². The van der Waals surface area contributed by atoms with Crippen molar-refractivity contribution in [2.75, 3.05) is 0 Å². The lowest BCUT2D eigenvalue weighted by Crippen LogP contribution is -2.27. The molecule has 0 radical (unpaired) electrons. The van der Waals surface area contributed by atoms with Crippen LogP contribution in [0.25, 0.3) is 5.69 Å². The Kier molecular flexibility index (Phi) is 3.63. The molecule has 0 spiro atoms. The van der Waals surface area contributed by atoms with Gasteiger partial charge in [-0.25, -0.2) is 10.9 Å². The van der Waals surface area contributed by atoms with Gasteiger partial charge < -0.3 is 0 Å². The average molecular weight is 329 g/mol. The molecule has 1 aromatic carbocycles. The van der Waals surface area contributed by atoms with Crippen molar-refractivity contribution >= 4 is 23.6 Å². The molecule has 3 aromatic rings. The molecule has 0 aliphatic carbocycles. The Balaban J connectivity index is 1.66. The molecule has 2 aromatic heterocycles. The van der Waals surface area contributed by atoms with E-state index in [9.17, 15) is 0 Å². The number of para-hydroxylation sites is 1. The average Bonchev–Trinajstić information content (AvgIpc) is 3.28.